The number of amides is 1. The van der Waals surface area contributed by atoms with E-state index >= 15 is 0 Å². The van der Waals surface area contributed by atoms with Crippen molar-refractivity contribution in [3.05, 3.63) is 91.9 Å². The third kappa shape index (κ3) is 6.58. The average Bonchev–Trinajstić information content (AvgIpc) is 3.37. The van der Waals surface area contributed by atoms with Crippen molar-refractivity contribution in [2.45, 2.75) is 23.6 Å². The summed E-state index contributed by atoms with van der Waals surface area (Å²) in [6.07, 6.45) is 1.08. The van der Waals surface area contributed by atoms with E-state index in [4.69, 9.17) is 58.0 Å². The first kappa shape index (κ1) is 29.0. The third-order valence-corrected chi connectivity index (χ3v) is 8.42. The van der Waals surface area contributed by atoms with Crippen LogP contribution in [0.15, 0.2) is 54.6 Å². The van der Waals surface area contributed by atoms with Crippen LogP contribution in [0.2, 0.25) is 15.1 Å². The Hall–Kier alpha value is -2.00. The highest BCUT2D eigenvalue weighted by Crippen LogP contribution is 2.65. The number of rotatable bonds is 8. The van der Waals surface area contributed by atoms with E-state index in [9.17, 15) is 18.0 Å². The van der Waals surface area contributed by atoms with Gasteiger partial charge in [-0.2, -0.15) is 0 Å². The number of ketones is 1. The molecule has 38 heavy (non-hydrogen) atoms. The first-order valence-electron chi connectivity index (χ1n) is 11.2. The molecule has 1 aliphatic rings. The van der Waals surface area contributed by atoms with Crippen molar-refractivity contribution < 1.29 is 18.0 Å². The van der Waals surface area contributed by atoms with Crippen molar-refractivity contribution in [2.24, 2.45) is 5.92 Å². The lowest BCUT2D eigenvalue weighted by Crippen LogP contribution is -2.17. The maximum absolute atomic E-state index is 13.1. The fourth-order valence-corrected chi connectivity index (χ4v) is 6.45. The van der Waals surface area contributed by atoms with E-state index in [1.54, 1.807) is 49.4 Å². The topological polar surface area (TPSA) is 92.3 Å². The van der Waals surface area contributed by atoms with E-state index in [0.717, 1.165) is 11.8 Å². The number of alkyl halides is 2. The van der Waals surface area contributed by atoms with Crippen LogP contribution in [0.3, 0.4) is 0 Å². The van der Waals surface area contributed by atoms with Crippen molar-refractivity contribution in [3.8, 4) is 0 Å². The number of anilines is 2. The molecule has 0 radical (unpaired) electrons. The molecule has 2 unspecified atom stereocenters. The van der Waals surface area contributed by atoms with Crippen LogP contribution in [-0.2, 0) is 21.2 Å². The summed E-state index contributed by atoms with van der Waals surface area (Å²) < 4.78 is 24.0. The van der Waals surface area contributed by atoms with Gasteiger partial charge in [-0.3, -0.25) is 14.3 Å². The van der Waals surface area contributed by atoms with Crippen LogP contribution >= 0.6 is 58.0 Å². The molecule has 1 fully saturated rings. The number of aryl methyl sites for hydroxylation is 1. The summed E-state index contributed by atoms with van der Waals surface area (Å²) in [7, 11) is -3.42. The van der Waals surface area contributed by atoms with Gasteiger partial charge in [-0.15, -0.1) is 23.2 Å². The summed E-state index contributed by atoms with van der Waals surface area (Å²) >= 11 is 31.4. The Labute approximate surface area is 245 Å². The predicted octanol–water partition coefficient (Wildman–Crippen LogP) is 7.28. The number of sulfonamides is 1. The molecular formula is C26H21Cl5N2O4S. The van der Waals surface area contributed by atoms with Gasteiger partial charge >= 0.3 is 0 Å². The van der Waals surface area contributed by atoms with E-state index in [2.05, 4.69) is 10.0 Å². The molecule has 200 valence electrons. The average molecular weight is 635 g/mol. The maximum Gasteiger partial charge on any atom is 0.231 e. The molecule has 3 aromatic carbocycles. The molecule has 3 aromatic rings. The Morgan fingerprint density at radius 2 is 1.55 bits per heavy atom. The Kier molecular flexibility index (Phi) is 8.30. The number of halogens is 5. The summed E-state index contributed by atoms with van der Waals surface area (Å²) in [5, 5.41) is 3.80. The first-order valence-corrected chi connectivity index (χ1v) is 15.0. The molecule has 0 heterocycles. The van der Waals surface area contributed by atoms with Gasteiger partial charge in [0.1, 0.15) is 4.33 Å². The smallest absolute Gasteiger partial charge is 0.231 e. The molecule has 0 bridgehead atoms. The third-order valence-electron chi connectivity index (χ3n) is 6.11. The Balaban J connectivity index is 1.49. The zero-order valence-corrected chi connectivity index (χ0v) is 24.6. The van der Waals surface area contributed by atoms with E-state index in [1.165, 1.54) is 12.1 Å². The van der Waals surface area contributed by atoms with E-state index in [0.29, 0.717) is 32.5 Å². The van der Waals surface area contributed by atoms with Crippen LogP contribution in [0.4, 0.5) is 11.4 Å². The number of carbonyl (C=O) groups is 2. The molecule has 0 spiro atoms. The highest BCUT2D eigenvalue weighted by Gasteiger charge is 2.67. The van der Waals surface area contributed by atoms with E-state index < -0.39 is 32.1 Å². The highest BCUT2D eigenvalue weighted by molar-refractivity contribution is 7.92. The SMILES string of the molecule is Cc1cc(NS(C)(=O)=O)ccc1CC(=O)c1cc(NC(=O)C2C(c3cc(Cl)cc(Cl)c3)C2(Cl)Cl)ccc1Cl. The molecule has 6 nitrogen and oxygen atoms in total. The lowest BCUT2D eigenvalue weighted by atomic mass is 9.98. The Bertz CT molecular complexity index is 1540. The second-order valence-electron chi connectivity index (χ2n) is 9.13. The number of hydrogen-bond acceptors (Lipinski definition) is 4. The molecule has 0 aromatic heterocycles. The van der Waals surface area contributed by atoms with Gasteiger partial charge in [-0.25, -0.2) is 8.42 Å². The van der Waals surface area contributed by atoms with Crippen molar-refractivity contribution >= 4 is 91.1 Å². The molecule has 2 atom stereocenters. The van der Waals surface area contributed by atoms with Crippen molar-refractivity contribution in [1.29, 1.82) is 0 Å². The lowest BCUT2D eigenvalue weighted by Gasteiger charge is -2.11. The van der Waals surface area contributed by atoms with Crippen molar-refractivity contribution in [1.82, 2.24) is 0 Å². The van der Waals surface area contributed by atoms with Crippen molar-refractivity contribution in [2.75, 3.05) is 16.3 Å². The number of hydrogen-bond donors (Lipinski definition) is 2. The van der Waals surface area contributed by atoms with Gasteiger partial charge < -0.3 is 5.32 Å². The quantitative estimate of drug-likeness (QED) is 0.201. The predicted molar refractivity (Wildman–Crippen MR) is 155 cm³/mol. The van der Waals surface area contributed by atoms with Gasteiger partial charge in [-0.05, 0) is 72.1 Å². The van der Waals surface area contributed by atoms with Gasteiger partial charge in [0.25, 0.3) is 0 Å². The summed E-state index contributed by atoms with van der Waals surface area (Å²) in [4.78, 5) is 26.2. The number of benzene rings is 3. The van der Waals surface area contributed by atoms with Crippen LogP contribution in [0.1, 0.15) is 33.0 Å². The highest BCUT2D eigenvalue weighted by atomic mass is 35.5. The van der Waals surface area contributed by atoms with Crippen LogP contribution in [0.5, 0.6) is 0 Å². The zero-order valence-electron chi connectivity index (χ0n) is 20.0. The van der Waals surface area contributed by atoms with Crippen LogP contribution in [-0.4, -0.2) is 30.7 Å². The normalized spacial score (nSPS) is 18.1. The zero-order chi connectivity index (χ0) is 28.0. The summed E-state index contributed by atoms with van der Waals surface area (Å²) in [5.74, 6) is -1.99. The molecule has 0 aliphatic heterocycles. The minimum absolute atomic E-state index is 0.0226. The monoisotopic (exact) mass is 632 g/mol. The first-order chi connectivity index (χ1) is 17.7. The Morgan fingerprint density at radius 3 is 2.16 bits per heavy atom. The minimum atomic E-state index is -3.42. The standard InChI is InChI=1S/C26H21Cl5N2O4S/c1-13-7-19(33-38(2,36)37)4-3-14(13)10-22(34)20-12-18(5-6-21(20)29)32-25(35)24-23(26(24,30)31)15-8-16(27)11-17(28)9-15/h3-9,11-12,23-24,33H,10H2,1-2H3,(H,32,35). The molecule has 0 saturated heterocycles. The van der Waals surface area contributed by atoms with E-state index in [-0.39, 0.29) is 22.8 Å². The fourth-order valence-electron chi connectivity index (χ4n) is 4.30. The van der Waals surface area contributed by atoms with Gasteiger partial charge in [0.15, 0.2) is 5.78 Å². The minimum Gasteiger partial charge on any atom is -0.326 e. The molecule has 4 rings (SSSR count). The van der Waals surface area contributed by atoms with Crippen LogP contribution in [0.25, 0.3) is 0 Å². The summed E-state index contributed by atoms with van der Waals surface area (Å²) in [6, 6.07) is 14.4. The van der Waals surface area contributed by atoms with Gasteiger partial charge in [0, 0.05) is 39.3 Å². The molecule has 2 N–H and O–H groups in total. The second-order valence-corrected chi connectivity index (χ2v) is 13.6. The summed E-state index contributed by atoms with van der Waals surface area (Å²) in [5.41, 5.74) is 3.05. The molecule has 12 heteroatoms. The molecule has 1 saturated carbocycles. The Morgan fingerprint density at radius 1 is 0.921 bits per heavy atom. The molecule has 1 aliphatic carbocycles. The number of carbonyl (C=O) groups excluding carboxylic acids is 2. The van der Waals surface area contributed by atoms with Crippen LogP contribution in [0, 0.1) is 12.8 Å². The fraction of sp³-hybridized carbons (Fsp3) is 0.231. The second kappa shape index (κ2) is 10.9. The molecular weight excluding hydrogens is 614 g/mol. The lowest BCUT2D eigenvalue weighted by molar-refractivity contribution is -0.117. The number of Topliss-reactive ketones (excluding diaryl/α,β-unsaturated/α-hetero) is 1. The van der Waals surface area contributed by atoms with Crippen LogP contribution < -0.4 is 10.0 Å². The largest absolute Gasteiger partial charge is 0.326 e. The van der Waals surface area contributed by atoms with Gasteiger partial charge in [0.2, 0.25) is 15.9 Å². The van der Waals surface area contributed by atoms with Crippen molar-refractivity contribution in [3.63, 3.8) is 0 Å². The van der Waals surface area contributed by atoms with Gasteiger partial charge in [0.05, 0.1) is 17.2 Å². The maximum atomic E-state index is 13.1. The molecule has 1 amide bonds. The van der Waals surface area contributed by atoms with E-state index in [1.807, 2.05) is 0 Å². The summed E-state index contributed by atoms with van der Waals surface area (Å²) in [6.45, 7) is 1.78. The number of nitrogens with one attached hydrogen (secondary N) is 2. The van der Waals surface area contributed by atoms with Gasteiger partial charge in [-0.1, -0.05) is 40.9 Å².